The van der Waals surface area contributed by atoms with Crippen LogP contribution in [0.5, 0.6) is 0 Å². The molecule has 1 aliphatic rings. The highest BCUT2D eigenvalue weighted by atomic mass is 16.5. The number of aromatic nitrogens is 2. The number of hydrogen-bond donors (Lipinski definition) is 2. The molecule has 0 radical (unpaired) electrons. The first-order valence-corrected chi connectivity index (χ1v) is 9.52. The van der Waals surface area contributed by atoms with Crippen LogP contribution in [0.15, 0.2) is 54.7 Å². The summed E-state index contributed by atoms with van der Waals surface area (Å²) in [6.07, 6.45) is 2.68. The lowest BCUT2D eigenvalue weighted by Crippen LogP contribution is -2.35. The van der Waals surface area contributed by atoms with Gasteiger partial charge < -0.3 is 20.4 Å². The number of rotatable bonds is 3. The van der Waals surface area contributed by atoms with E-state index in [1.54, 1.807) is 6.20 Å². The van der Waals surface area contributed by atoms with Crippen molar-refractivity contribution in [3.63, 3.8) is 0 Å². The van der Waals surface area contributed by atoms with Crippen LogP contribution in [0, 0.1) is 0 Å². The third-order valence-corrected chi connectivity index (χ3v) is 5.00. The van der Waals surface area contributed by atoms with Gasteiger partial charge in [0, 0.05) is 25.3 Å². The molecule has 1 aromatic heterocycles. The molecule has 1 amide bonds. The second kappa shape index (κ2) is 7.86. The van der Waals surface area contributed by atoms with Gasteiger partial charge in [-0.05, 0) is 42.2 Å². The molecule has 28 heavy (non-hydrogen) atoms. The van der Waals surface area contributed by atoms with Crippen molar-refractivity contribution < 1.29 is 9.53 Å². The molecule has 3 aromatic rings. The summed E-state index contributed by atoms with van der Waals surface area (Å²) < 4.78 is 5.63. The smallest absolute Gasteiger partial charge is 0.253 e. The SMILES string of the molecule is C[C@H]1CN(C(=O)c2ccc(-c3ccc(-c4cnc(N)[nH]4)cc3)cc2)CCCO1. The molecule has 6 nitrogen and oxygen atoms in total. The van der Waals surface area contributed by atoms with Crippen molar-refractivity contribution >= 4 is 11.9 Å². The summed E-state index contributed by atoms with van der Waals surface area (Å²) in [4.78, 5) is 21.7. The van der Waals surface area contributed by atoms with Gasteiger partial charge in [-0.15, -0.1) is 0 Å². The number of carbonyl (C=O) groups excluding carboxylic acids is 1. The molecule has 4 rings (SSSR count). The number of nitrogens with one attached hydrogen (secondary N) is 1. The highest BCUT2D eigenvalue weighted by Gasteiger charge is 2.21. The standard InChI is InChI=1S/C22H24N4O2/c1-15-14-26(11-2-12-28-15)21(27)19-9-5-17(6-10-19)16-3-7-18(8-4-16)20-13-24-22(23)25-20/h3-10,13,15H,2,11-12,14H2,1H3,(H3,23,24,25)/t15-/m0/s1. The lowest BCUT2D eigenvalue weighted by molar-refractivity contribution is 0.0563. The molecule has 144 valence electrons. The first-order valence-electron chi connectivity index (χ1n) is 9.52. The zero-order valence-electron chi connectivity index (χ0n) is 15.9. The number of ether oxygens (including phenoxy) is 1. The van der Waals surface area contributed by atoms with Gasteiger partial charge in [0.15, 0.2) is 5.95 Å². The largest absolute Gasteiger partial charge is 0.377 e. The minimum Gasteiger partial charge on any atom is -0.377 e. The van der Waals surface area contributed by atoms with E-state index in [0.717, 1.165) is 35.3 Å². The van der Waals surface area contributed by atoms with E-state index in [0.29, 0.717) is 24.7 Å². The van der Waals surface area contributed by atoms with Gasteiger partial charge in [0.2, 0.25) is 0 Å². The van der Waals surface area contributed by atoms with E-state index in [4.69, 9.17) is 10.5 Å². The van der Waals surface area contributed by atoms with E-state index in [1.165, 1.54) is 0 Å². The second-order valence-corrected chi connectivity index (χ2v) is 7.12. The third kappa shape index (κ3) is 3.92. The Morgan fingerprint density at radius 3 is 2.39 bits per heavy atom. The zero-order chi connectivity index (χ0) is 19.5. The van der Waals surface area contributed by atoms with Crippen LogP contribution in [-0.4, -0.2) is 46.6 Å². The van der Waals surface area contributed by atoms with Crippen LogP contribution in [0.1, 0.15) is 23.7 Å². The van der Waals surface area contributed by atoms with E-state index in [-0.39, 0.29) is 12.0 Å². The minimum atomic E-state index is 0.0658. The second-order valence-electron chi connectivity index (χ2n) is 7.12. The Labute approximate surface area is 164 Å². The van der Waals surface area contributed by atoms with Crippen molar-refractivity contribution in [2.24, 2.45) is 0 Å². The van der Waals surface area contributed by atoms with E-state index in [2.05, 4.69) is 22.1 Å². The molecule has 3 N–H and O–H groups in total. The van der Waals surface area contributed by atoms with Crippen LogP contribution in [0.25, 0.3) is 22.4 Å². The maximum atomic E-state index is 12.8. The first kappa shape index (κ1) is 18.3. The van der Waals surface area contributed by atoms with Gasteiger partial charge >= 0.3 is 0 Å². The summed E-state index contributed by atoms with van der Waals surface area (Å²) in [7, 11) is 0. The lowest BCUT2D eigenvalue weighted by Gasteiger charge is -2.22. The molecule has 1 fully saturated rings. The first-order chi connectivity index (χ1) is 13.6. The summed E-state index contributed by atoms with van der Waals surface area (Å²) >= 11 is 0. The predicted octanol–water partition coefficient (Wildman–Crippen LogP) is 3.58. The van der Waals surface area contributed by atoms with Crippen molar-refractivity contribution in [3.8, 4) is 22.4 Å². The Hall–Kier alpha value is -3.12. The fourth-order valence-electron chi connectivity index (χ4n) is 3.49. The molecule has 2 aromatic carbocycles. The number of H-pyrrole nitrogens is 1. The molecule has 0 bridgehead atoms. The monoisotopic (exact) mass is 376 g/mol. The number of amides is 1. The fraction of sp³-hybridized carbons (Fsp3) is 0.273. The van der Waals surface area contributed by atoms with Gasteiger partial charge in [-0.1, -0.05) is 36.4 Å². The Bertz CT molecular complexity index is 947. The predicted molar refractivity (Wildman–Crippen MR) is 110 cm³/mol. The normalized spacial score (nSPS) is 17.3. The molecule has 1 saturated heterocycles. The molecule has 0 aliphatic carbocycles. The number of nitrogens with zero attached hydrogens (tertiary/aromatic N) is 2. The molecule has 0 saturated carbocycles. The van der Waals surface area contributed by atoms with Crippen molar-refractivity contribution in [3.05, 3.63) is 60.3 Å². The number of aromatic amines is 1. The van der Waals surface area contributed by atoms with Gasteiger partial charge in [-0.25, -0.2) is 4.98 Å². The average Bonchev–Trinajstić information content (AvgIpc) is 3.04. The molecule has 6 heteroatoms. The molecular weight excluding hydrogens is 352 g/mol. The van der Waals surface area contributed by atoms with Gasteiger partial charge in [0.05, 0.1) is 18.0 Å². The summed E-state index contributed by atoms with van der Waals surface area (Å²) in [6.45, 7) is 4.10. The van der Waals surface area contributed by atoms with Crippen LogP contribution in [0.2, 0.25) is 0 Å². The molecule has 2 heterocycles. The minimum absolute atomic E-state index is 0.0658. The van der Waals surface area contributed by atoms with Crippen LogP contribution in [0.3, 0.4) is 0 Å². The summed E-state index contributed by atoms with van der Waals surface area (Å²) in [5.74, 6) is 0.473. The number of nitrogens with two attached hydrogens (primary N) is 1. The van der Waals surface area contributed by atoms with Crippen LogP contribution >= 0.6 is 0 Å². The quantitative estimate of drug-likeness (QED) is 0.732. The van der Waals surface area contributed by atoms with Crippen LogP contribution < -0.4 is 5.73 Å². The van der Waals surface area contributed by atoms with E-state index in [1.807, 2.05) is 48.2 Å². The van der Waals surface area contributed by atoms with Crippen LogP contribution in [0.4, 0.5) is 5.95 Å². The third-order valence-electron chi connectivity index (χ3n) is 5.00. The Balaban J connectivity index is 1.49. The number of hydrogen-bond acceptors (Lipinski definition) is 4. The van der Waals surface area contributed by atoms with Crippen molar-refractivity contribution in [1.82, 2.24) is 14.9 Å². The van der Waals surface area contributed by atoms with Gasteiger partial charge in [-0.3, -0.25) is 4.79 Å². The highest BCUT2D eigenvalue weighted by Crippen LogP contribution is 2.25. The van der Waals surface area contributed by atoms with Crippen molar-refractivity contribution in [2.45, 2.75) is 19.4 Å². The molecule has 1 aliphatic heterocycles. The van der Waals surface area contributed by atoms with E-state index < -0.39 is 0 Å². The van der Waals surface area contributed by atoms with Crippen molar-refractivity contribution in [1.29, 1.82) is 0 Å². The Morgan fingerprint density at radius 1 is 1.11 bits per heavy atom. The van der Waals surface area contributed by atoms with E-state index >= 15 is 0 Å². The summed E-state index contributed by atoms with van der Waals surface area (Å²) in [5, 5.41) is 0. The molecule has 1 atom stereocenters. The van der Waals surface area contributed by atoms with Crippen molar-refractivity contribution in [2.75, 3.05) is 25.4 Å². The topological polar surface area (TPSA) is 84.2 Å². The zero-order valence-corrected chi connectivity index (χ0v) is 15.9. The maximum absolute atomic E-state index is 12.8. The van der Waals surface area contributed by atoms with Gasteiger partial charge in [0.25, 0.3) is 5.91 Å². The number of imidazole rings is 1. The molecular formula is C22H24N4O2. The van der Waals surface area contributed by atoms with E-state index in [9.17, 15) is 4.79 Å². The van der Waals surface area contributed by atoms with Gasteiger partial charge in [0.1, 0.15) is 0 Å². The number of nitrogen functional groups attached to an aromatic ring is 1. The Morgan fingerprint density at radius 2 is 1.75 bits per heavy atom. The molecule has 0 spiro atoms. The van der Waals surface area contributed by atoms with Crippen LogP contribution in [-0.2, 0) is 4.74 Å². The lowest BCUT2D eigenvalue weighted by atomic mass is 10.0. The average molecular weight is 376 g/mol. The maximum Gasteiger partial charge on any atom is 0.253 e. The van der Waals surface area contributed by atoms with Gasteiger partial charge in [-0.2, -0.15) is 0 Å². The number of carbonyl (C=O) groups is 1. The highest BCUT2D eigenvalue weighted by molar-refractivity contribution is 5.94. The summed E-state index contributed by atoms with van der Waals surface area (Å²) in [6, 6.07) is 15.9. The molecule has 0 unspecified atom stereocenters. The fourth-order valence-corrected chi connectivity index (χ4v) is 3.49. The number of benzene rings is 2. The summed E-state index contributed by atoms with van der Waals surface area (Å²) in [5.41, 5.74) is 10.4. The number of anilines is 1. The Kier molecular flexibility index (Phi) is 5.12.